The number of hydrogen-bond acceptors (Lipinski definition) is 4. The molecule has 8 heteroatoms. The first-order chi connectivity index (χ1) is 12.4. The van der Waals surface area contributed by atoms with Gasteiger partial charge in [0.15, 0.2) is 0 Å². The Morgan fingerprint density at radius 3 is 2.54 bits per heavy atom. The van der Waals surface area contributed by atoms with Crippen molar-refractivity contribution in [1.29, 1.82) is 0 Å². The van der Waals surface area contributed by atoms with Gasteiger partial charge in [-0.1, -0.05) is 12.1 Å². The van der Waals surface area contributed by atoms with Crippen LogP contribution in [0.4, 0.5) is 19.1 Å². The van der Waals surface area contributed by atoms with Crippen molar-refractivity contribution in [2.75, 3.05) is 18.0 Å². The maximum atomic E-state index is 12.6. The van der Waals surface area contributed by atoms with Crippen molar-refractivity contribution >= 4 is 11.9 Å². The Kier molecular flexibility index (Phi) is 5.39. The van der Waals surface area contributed by atoms with Crippen molar-refractivity contribution in [3.8, 4) is 0 Å². The number of carbonyl (C=O) groups is 1. The van der Waals surface area contributed by atoms with E-state index < -0.39 is 11.7 Å². The Balaban J connectivity index is 1.54. The molecule has 3 rings (SSSR count). The number of benzene rings is 1. The molecule has 0 aliphatic carbocycles. The lowest BCUT2D eigenvalue weighted by molar-refractivity contribution is -0.137. The number of aromatic nitrogens is 2. The third kappa shape index (κ3) is 4.50. The number of amides is 1. The number of rotatable bonds is 4. The van der Waals surface area contributed by atoms with E-state index in [0.717, 1.165) is 31.5 Å². The fourth-order valence-electron chi connectivity index (χ4n) is 2.97. The van der Waals surface area contributed by atoms with Crippen molar-refractivity contribution in [1.82, 2.24) is 15.3 Å². The Morgan fingerprint density at radius 2 is 1.88 bits per heavy atom. The number of carbonyl (C=O) groups excluding carboxylic acids is 1. The van der Waals surface area contributed by atoms with Crippen LogP contribution in [0.1, 0.15) is 24.0 Å². The van der Waals surface area contributed by atoms with Gasteiger partial charge in [-0.15, -0.1) is 0 Å². The van der Waals surface area contributed by atoms with E-state index in [-0.39, 0.29) is 18.4 Å². The van der Waals surface area contributed by atoms with E-state index in [1.54, 1.807) is 18.5 Å². The average Bonchev–Trinajstić information content (AvgIpc) is 2.66. The van der Waals surface area contributed by atoms with E-state index in [4.69, 9.17) is 0 Å². The summed E-state index contributed by atoms with van der Waals surface area (Å²) in [5.41, 5.74) is -0.0660. The molecule has 1 aliphatic heterocycles. The lowest BCUT2D eigenvalue weighted by Crippen LogP contribution is -2.43. The molecule has 1 amide bonds. The second-order valence-corrected chi connectivity index (χ2v) is 6.25. The van der Waals surface area contributed by atoms with Gasteiger partial charge in [0, 0.05) is 32.0 Å². The largest absolute Gasteiger partial charge is 0.416 e. The summed E-state index contributed by atoms with van der Waals surface area (Å²) in [4.78, 5) is 22.8. The maximum Gasteiger partial charge on any atom is 0.416 e. The minimum absolute atomic E-state index is 0.106. The molecule has 0 bridgehead atoms. The van der Waals surface area contributed by atoms with E-state index in [2.05, 4.69) is 15.3 Å². The van der Waals surface area contributed by atoms with Crippen LogP contribution in [-0.4, -0.2) is 29.0 Å². The van der Waals surface area contributed by atoms with Crippen molar-refractivity contribution in [3.63, 3.8) is 0 Å². The molecule has 26 heavy (non-hydrogen) atoms. The second kappa shape index (κ2) is 7.72. The van der Waals surface area contributed by atoms with E-state index in [1.165, 1.54) is 12.1 Å². The van der Waals surface area contributed by atoms with Gasteiger partial charge in [-0.2, -0.15) is 13.2 Å². The molecule has 5 nitrogen and oxygen atoms in total. The van der Waals surface area contributed by atoms with Gasteiger partial charge >= 0.3 is 6.18 Å². The summed E-state index contributed by atoms with van der Waals surface area (Å²) in [6, 6.07) is 6.55. The number of halogens is 3. The van der Waals surface area contributed by atoms with Crippen molar-refractivity contribution in [3.05, 3.63) is 53.9 Å². The van der Waals surface area contributed by atoms with E-state index in [1.807, 2.05) is 4.90 Å². The lowest BCUT2D eigenvalue weighted by atomic mass is 9.97. The molecule has 1 N–H and O–H groups in total. The van der Waals surface area contributed by atoms with Crippen LogP contribution in [0.5, 0.6) is 0 Å². The molecule has 1 fully saturated rings. The Hall–Kier alpha value is -2.64. The summed E-state index contributed by atoms with van der Waals surface area (Å²) in [6.45, 7) is 1.53. The summed E-state index contributed by atoms with van der Waals surface area (Å²) in [5.74, 6) is 0.306. The number of anilines is 1. The Labute approximate surface area is 149 Å². The summed E-state index contributed by atoms with van der Waals surface area (Å²) in [5, 5.41) is 2.81. The maximum absolute atomic E-state index is 12.6. The molecule has 2 heterocycles. The van der Waals surface area contributed by atoms with Gasteiger partial charge in [0.2, 0.25) is 11.9 Å². The molecule has 1 atom stereocenters. The lowest BCUT2D eigenvalue weighted by Gasteiger charge is -2.31. The van der Waals surface area contributed by atoms with Crippen LogP contribution in [0.25, 0.3) is 0 Å². The molecular weight excluding hydrogens is 345 g/mol. The van der Waals surface area contributed by atoms with Crippen molar-refractivity contribution in [2.45, 2.75) is 25.6 Å². The predicted octanol–water partition coefficient (Wildman–Crippen LogP) is 3.03. The monoisotopic (exact) mass is 364 g/mol. The highest BCUT2D eigenvalue weighted by molar-refractivity contribution is 5.79. The molecule has 1 aliphatic rings. The van der Waals surface area contributed by atoms with Crippen LogP contribution in [0.15, 0.2) is 42.7 Å². The van der Waals surface area contributed by atoms with Crippen LogP contribution >= 0.6 is 0 Å². The zero-order valence-corrected chi connectivity index (χ0v) is 14.0. The van der Waals surface area contributed by atoms with Gasteiger partial charge in [-0.3, -0.25) is 4.79 Å². The smallest absolute Gasteiger partial charge is 0.352 e. The normalized spacial score (nSPS) is 17.8. The number of nitrogens with zero attached hydrogens (tertiary/aromatic N) is 3. The van der Waals surface area contributed by atoms with E-state index in [0.29, 0.717) is 18.1 Å². The quantitative estimate of drug-likeness (QED) is 0.906. The Bertz CT molecular complexity index is 734. The minimum atomic E-state index is -4.35. The summed E-state index contributed by atoms with van der Waals surface area (Å²) in [6.07, 6.45) is 0.596. The first-order valence-corrected chi connectivity index (χ1v) is 8.39. The fourth-order valence-corrected chi connectivity index (χ4v) is 2.97. The Morgan fingerprint density at radius 1 is 1.19 bits per heavy atom. The SMILES string of the molecule is O=C(NCc1ccc(C(F)(F)F)cc1)C1CCCN(c2ncccn2)C1. The van der Waals surface area contributed by atoms with Gasteiger partial charge in [-0.25, -0.2) is 9.97 Å². The van der Waals surface area contributed by atoms with Gasteiger partial charge in [0.05, 0.1) is 11.5 Å². The van der Waals surface area contributed by atoms with E-state index >= 15 is 0 Å². The molecule has 1 aromatic heterocycles. The first-order valence-electron chi connectivity index (χ1n) is 8.39. The average molecular weight is 364 g/mol. The molecule has 138 valence electrons. The summed E-state index contributed by atoms with van der Waals surface area (Å²) < 4.78 is 37.7. The number of nitrogens with one attached hydrogen (secondary N) is 1. The van der Waals surface area contributed by atoms with Gasteiger partial charge in [0.25, 0.3) is 0 Å². The number of hydrogen-bond donors (Lipinski definition) is 1. The standard InChI is InChI=1S/C18H19F3N4O/c19-18(20,21)15-6-4-13(5-7-15)11-24-16(26)14-3-1-10-25(12-14)17-22-8-2-9-23-17/h2,4-9,14H,1,3,10-12H2,(H,24,26). The number of alkyl halides is 3. The highest BCUT2D eigenvalue weighted by Crippen LogP contribution is 2.29. The zero-order valence-electron chi connectivity index (χ0n) is 14.0. The molecule has 1 aromatic carbocycles. The van der Waals surface area contributed by atoms with Crippen LogP contribution in [0.3, 0.4) is 0 Å². The summed E-state index contributed by atoms with van der Waals surface area (Å²) >= 11 is 0. The molecule has 1 saturated heterocycles. The molecule has 0 saturated carbocycles. The van der Waals surface area contributed by atoms with Gasteiger partial charge in [-0.05, 0) is 36.6 Å². The van der Waals surface area contributed by atoms with Crippen molar-refractivity contribution in [2.24, 2.45) is 5.92 Å². The molecule has 0 radical (unpaired) electrons. The fraction of sp³-hybridized carbons (Fsp3) is 0.389. The number of piperidine rings is 1. The van der Waals surface area contributed by atoms with Crippen LogP contribution in [0.2, 0.25) is 0 Å². The third-order valence-corrected chi connectivity index (χ3v) is 4.38. The predicted molar refractivity (Wildman–Crippen MR) is 90.3 cm³/mol. The molecule has 1 unspecified atom stereocenters. The second-order valence-electron chi connectivity index (χ2n) is 6.25. The van der Waals surface area contributed by atoms with Crippen molar-refractivity contribution < 1.29 is 18.0 Å². The van der Waals surface area contributed by atoms with Crippen LogP contribution in [0, 0.1) is 5.92 Å². The molecular formula is C18H19F3N4O. The van der Waals surface area contributed by atoms with Crippen LogP contribution in [-0.2, 0) is 17.5 Å². The third-order valence-electron chi connectivity index (χ3n) is 4.38. The topological polar surface area (TPSA) is 58.1 Å². The highest BCUT2D eigenvalue weighted by atomic mass is 19.4. The zero-order chi connectivity index (χ0) is 18.6. The minimum Gasteiger partial charge on any atom is -0.352 e. The van der Waals surface area contributed by atoms with Gasteiger partial charge < -0.3 is 10.2 Å². The van der Waals surface area contributed by atoms with Gasteiger partial charge in [0.1, 0.15) is 0 Å². The first kappa shape index (κ1) is 18.2. The molecule has 0 spiro atoms. The van der Waals surface area contributed by atoms with E-state index in [9.17, 15) is 18.0 Å². The molecule has 2 aromatic rings. The highest BCUT2D eigenvalue weighted by Gasteiger charge is 2.30. The van der Waals surface area contributed by atoms with Crippen LogP contribution < -0.4 is 10.2 Å². The summed E-state index contributed by atoms with van der Waals surface area (Å²) in [7, 11) is 0.